The fourth-order valence-electron chi connectivity index (χ4n) is 1.19. The van der Waals surface area contributed by atoms with Gasteiger partial charge < -0.3 is 10.2 Å². The third-order valence-electron chi connectivity index (χ3n) is 1.88. The van der Waals surface area contributed by atoms with E-state index in [1.807, 2.05) is 0 Å². The Hall–Kier alpha value is 0.400. The number of halogens is 4. The second-order valence-corrected chi connectivity index (χ2v) is 4.15. The lowest BCUT2D eigenvalue weighted by atomic mass is 10.3. The predicted octanol–water partition coefficient (Wildman–Crippen LogP) is 0.347. The highest BCUT2D eigenvalue weighted by Crippen LogP contribution is 2.31. The molecule has 1 saturated heterocycles. The Kier molecular flexibility index (Phi) is 3.42. The number of β-amino-alcohol motifs (C(OH)–C–C–N with tert-alkyl or cyclic N) is 2. The molecule has 13 heavy (non-hydrogen) atoms. The Bertz CT molecular complexity index is 179. The van der Waals surface area contributed by atoms with Crippen molar-refractivity contribution in [2.75, 3.05) is 13.1 Å². The number of alkyl halides is 4. The molecule has 1 aliphatic rings. The van der Waals surface area contributed by atoms with Crippen molar-refractivity contribution in [2.45, 2.75) is 22.4 Å². The van der Waals surface area contributed by atoms with E-state index in [9.17, 15) is 13.2 Å². The number of hydrogen-bond donors (Lipinski definition) is 2. The molecule has 0 saturated carbocycles. The Labute approximate surface area is 86.7 Å². The molecule has 1 fully saturated rings. The third kappa shape index (κ3) is 2.67. The Balaban J connectivity index is 2.56. The maximum atomic E-state index is 12.1. The van der Waals surface area contributed by atoms with Crippen LogP contribution < -0.4 is 0 Å². The summed E-state index contributed by atoms with van der Waals surface area (Å²) in [4.78, 5) is 1.01. The molecule has 0 aromatic heterocycles. The second-order valence-electron chi connectivity index (χ2n) is 2.97. The van der Waals surface area contributed by atoms with Gasteiger partial charge in [0.1, 0.15) is 0 Å². The molecule has 2 N–H and O–H groups in total. The average molecular weight is 311 g/mol. The fraction of sp³-hybridized carbons (Fsp3) is 1.00. The zero-order chi connectivity index (χ0) is 10.2. The molecule has 0 aromatic carbocycles. The highest BCUT2D eigenvalue weighted by atomic mass is 127. The molecule has 0 aliphatic carbocycles. The number of nitrogens with zero attached hydrogens (tertiary/aromatic N) is 1. The van der Waals surface area contributed by atoms with Gasteiger partial charge in [0.05, 0.1) is 12.2 Å². The molecule has 0 spiro atoms. The van der Waals surface area contributed by atoms with Crippen molar-refractivity contribution in [3.63, 3.8) is 0 Å². The van der Waals surface area contributed by atoms with Gasteiger partial charge in [-0.05, 0) is 0 Å². The topological polar surface area (TPSA) is 43.7 Å². The molecule has 78 valence electrons. The Morgan fingerprint density at radius 3 is 1.92 bits per heavy atom. The summed E-state index contributed by atoms with van der Waals surface area (Å²) in [5, 5.41) is 18.0. The lowest BCUT2D eigenvalue weighted by Gasteiger charge is -2.23. The molecule has 0 aromatic rings. The van der Waals surface area contributed by atoms with Crippen LogP contribution in [0.25, 0.3) is 0 Å². The smallest absolute Gasteiger partial charge is 0.389 e. The highest BCUT2D eigenvalue weighted by Gasteiger charge is 2.45. The lowest BCUT2D eigenvalue weighted by Crippen LogP contribution is -2.40. The standard InChI is InChI=1S/C6H9F3INO2/c7-6(8,9)5(10)11-1-3(12)4(13)2-11/h3-5,12-13H,1-2H2. The third-order valence-corrected chi connectivity index (χ3v) is 3.37. The molecule has 3 atom stereocenters. The zero-order valence-corrected chi connectivity index (χ0v) is 8.66. The molecule has 7 heteroatoms. The number of hydrogen-bond acceptors (Lipinski definition) is 3. The van der Waals surface area contributed by atoms with Gasteiger partial charge in [-0.3, -0.25) is 4.90 Å². The van der Waals surface area contributed by atoms with Gasteiger partial charge in [0.2, 0.25) is 0 Å². The van der Waals surface area contributed by atoms with Crippen molar-refractivity contribution in [3.05, 3.63) is 0 Å². The minimum atomic E-state index is -4.32. The second kappa shape index (κ2) is 3.87. The quantitative estimate of drug-likeness (QED) is 0.417. The Morgan fingerprint density at radius 1 is 1.23 bits per heavy atom. The van der Waals surface area contributed by atoms with Gasteiger partial charge in [-0.25, -0.2) is 0 Å². The summed E-state index contributed by atoms with van der Waals surface area (Å²) >= 11 is 1.25. The first kappa shape index (κ1) is 11.5. The van der Waals surface area contributed by atoms with E-state index < -0.39 is 22.4 Å². The molecule has 1 rings (SSSR count). The van der Waals surface area contributed by atoms with E-state index in [1.54, 1.807) is 0 Å². The van der Waals surface area contributed by atoms with E-state index in [1.165, 1.54) is 22.6 Å². The Morgan fingerprint density at radius 2 is 1.62 bits per heavy atom. The van der Waals surface area contributed by atoms with Gasteiger partial charge in [-0.15, -0.1) is 0 Å². The average Bonchev–Trinajstić information content (AvgIpc) is 2.29. The molecule has 3 nitrogen and oxygen atoms in total. The number of rotatable bonds is 1. The summed E-state index contributed by atoms with van der Waals surface area (Å²) in [6.07, 6.45) is -6.45. The van der Waals surface area contributed by atoms with Gasteiger partial charge in [0, 0.05) is 13.1 Å². The molecular formula is C6H9F3INO2. The zero-order valence-electron chi connectivity index (χ0n) is 6.50. The summed E-state index contributed by atoms with van der Waals surface area (Å²) in [5.41, 5.74) is 0. The molecule has 1 heterocycles. The van der Waals surface area contributed by atoms with E-state index in [-0.39, 0.29) is 13.1 Å². The van der Waals surface area contributed by atoms with Crippen molar-refractivity contribution in [1.82, 2.24) is 4.90 Å². The summed E-state index contributed by atoms with van der Waals surface area (Å²) in [6, 6.07) is 0. The van der Waals surface area contributed by atoms with Crippen molar-refractivity contribution < 1.29 is 23.4 Å². The minimum Gasteiger partial charge on any atom is -0.389 e. The van der Waals surface area contributed by atoms with Crippen LogP contribution in [0.4, 0.5) is 13.2 Å². The van der Waals surface area contributed by atoms with Gasteiger partial charge in [0.15, 0.2) is 4.05 Å². The summed E-state index contributed by atoms with van der Waals surface area (Å²) in [7, 11) is 0. The van der Waals surface area contributed by atoms with E-state index >= 15 is 0 Å². The van der Waals surface area contributed by atoms with E-state index in [0.29, 0.717) is 0 Å². The normalized spacial score (nSPS) is 33.7. The van der Waals surface area contributed by atoms with Gasteiger partial charge in [-0.2, -0.15) is 13.2 Å². The maximum Gasteiger partial charge on any atom is 0.413 e. The van der Waals surface area contributed by atoms with Crippen LogP contribution in [0.2, 0.25) is 0 Å². The summed E-state index contributed by atoms with van der Waals surface area (Å²) in [5.74, 6) is 0. The molecule has 0 amide bonds. The first-order valence-corrected chi connectivity index (χ1v) is 4.88. The van der Waals surface area contributed by atoms with Crippen LogP contribution in [0.3, 0.4) is 0 Å². The van der Waals surface area contributed by atoms with E-state index in [4.69, 9.17) is 10.2 Å². The van der Waals surface area contributed by atoms with Crippen LogP contribution in [0.15, 0.2) is 0 Å². The summed E-state index contributed by atoms with van der Waals surface area (Å²) in [6.45, 7) is -0.261. The first-order chi connectivity index (χ1) is 5.82. The molecular weight excluding hydrogens is 302 g/mol. The lowest BCUT2D eigenvalue weighted by molar-refractivity contribution is -0.151. The van der Waals surface area contributed by atoms with Crippen LogP contribution in [0, 0.1) is 0 Å². The van der Waals surface area contributed by atoms with Crippen LogP contribution in [0.5, 0.6) is 0 Å². The van der Waals surface area contributed by atoms with Gasteiger partial charge in [-0.1, -0.05) is 22.6 Å². The van der Waals surface area contributed by atoms with Crippen LogP contribution >= 0.6 is 22.6 Å². The molecule has 0 radical (unpaired) electrons. The largest absolute Gasteiger partial charge is 0.413 e. The van der Waals surface area contributed by atoms with Crippen LogP contribution in [-0.4, -0.2) is 50.6 Å². The molecule has 1 aliphatic heterocycles. The fourth-order valence-corrected chi connectivity index (χ4v) is 1.65. The van der Waals surface area contributed by atoms with Crippen molar-refractivity contribution in [3.8, 4) is 0 Å². The van der Waals surface area contributed by atoms with Crippen LogP contribution in [0.1, 0.15) is 0 Å². The first-order valence-electron chi connectivity index (χ1n) is 3.63. The van der Waals surface area contributed by atoms with Crippen molar-refractivity contribution >= 4 is 22.6 Å². The monoisotopic (exact) mass is 311 g/mol. The number of aliphatic hydroxyl groups is 2. The number of aliphatic hydroxyl groups excluding tert-OH is 2. The van der Waals surface area contributed by atoms with E-state index in [2.05, 4.69) is 0 Å². The van der Waals surface area contributed by atoms with Gasteiger partial charge in [0.25, 0.3) is 0 Å². The summed E-state index contributed by atoms with van der Waals surface area (Å²) < 4.78 is 34.8. The van der Waals surface area contributed by atoms with E-state index in [0.717, 1.165) is 4.90 Å². The molecule has 0 bridgehead atoms. The molecule has 3 unspecified atom stereocenters. The SMILES string of the molecule is OC1CN(C(I)C(F)(F)F)CC1O. The highest BCUT2D eigenvalue weighted by molar-refractivity contribution is 14.1. The van der Waals surface area contributed by atoms with Gasteiger partial charge >= 0.3 is 6.18 Å². The van der Waals surface area contributed by atoms with Crippen molar-refractivity contribution in [1.29, 1.82) is 0 Å². The number of likely N-dealkylation sites (tertiary alicyclic amines) is 1. The van der Waals surface area contributed by atoms with Crippen molar-refractivity contribution in [2.24, 2.45) is 0 Å². The van der Waals surface area contributed by atoms with Crippen LogP contribution in [-0.2, 0) is 0 Å². The minimum absolute atomic E-state index is 0.131. The maximum absolute atomic E-state index is 12.1. The predicted molar refractivity (Wildman–Crippen MR) is 47.4 cm³/mol.